The molecule has 54 valence electrons. The first-order valence-electron chi connectivity index (χ1n) is 3.17. The predicted octanol–water partition coefficient (Wildman–Crippen LogP) is 0.542. The normalized spacial score (nSPS) is 10.2. The molecular formula is C7H5N3O. The molecule has 0 saturated heterocycles. The summed E-state index contributed by atoms with van der Waals surface area (Å²) in [7, 11) is 0. The Morgan fingerprint density at radius 1 is 1.45 bits per heavy atom. The number of fused-ring (bicyclic) bond motifs is 1. The second-order valence-corrected chi connectivity index (χ2v) is 2.09. The molecule has 0 atom stereocenters. The highest BCUT2D eigenvalue weighted by atomic mass is 16.1. The highest BCUT2D eigenvalue weighted by Crippen LogP contribution is 1.97. The van der Waals surface area contributed by atoms with Gasteiger partial charge < -0.3 is 0 Å². The van der Waals surface area contributed by atoms with Crippen LogP contribution < -0.4 is 0 Å². The third-order valence-electron chi connectivity index (χ3n) is 1.36. The smallest absolute Gasteiger partial charge is 0.214 e. The molecule has 0 aromatic carbocycles. The minimum atomic E-state index is 0.219. The maximum Gasteiger partial charge on any atom is 0.214 e. The Hall–Kier alpha value is -1.71. The number of hydrogen-bond acceptors (Lipinski definition) is 3. The third-order valence-corrected chi connectivity index (χ3v) is 1.36. The van der Waals surface area contributed by atoms with Gasteiger partial charge in [-0.3, -0.25) is 4.79 Å². The van der Waals surface area contributed by atoms with Gasteiger partial charge in [0.15, 0.2) is 11.9 Å². The Morgan fingerprint density at radius 3 is 3.09 bits per heavy atom. The highest BCUT2D eigenvalue weighted by molar-refractivity contribution is 5.69. The number of carbonyl (C=O) groups excluding carboxylic acids is 1. The Morgan fingerprint density at radius 2 is 2.36 bits per heavy atom. The largest absolute Gasteiger partial charge is 0.294 e. The fraction of sp³-hybridized carbons (Fsp3) is 0. The number of nitrogens with zero attached hydrogens (tertiary/aromatic N) is 3. The molecule has 0 fully saturated rings. The van der Waals surface area contributed by atoms with E-state index in [9.17, 15) is 4.79 Å². The highest BCUT2D eigenvalue weighted by Gasteiger charge is 1.98. The molecule has 0 radical (unpaired) electrons. The van der Waals surface area contributed by atoms with Crippen molar-refractivity contribution in [2.24, 2.45) is 0 Å². The van der Waals surface area contributed by atoms with E-state index in [4.69, 9.17) is 0 Å². The first-order chi connectivity index (χ1) is 5.40. The fourth-order valence-corrected chi connectivity index (χ4v) is 0.899. The molecule has 0 bridgehead atoms. The first kappa shape index (κ1) is 6.03. The molecule has 4 nitrogen and oxygen atoms in total. The standard InChI is InChI=1S/C7H5N3O/c11-5-6-8-7-3-1-2-4-10(7)9-6/h1-5H. The van der Waals surface area contributed by atoms with Crippen LogP contribution in [0.4, 0.5) is 0 Å². The number of aromatic nitrogens is 3. The second kappa shape index (κ2) is 2.16. The van der Waals surface area contributed by atoms with Gasteiger partial charge in [0.2, 0.25) is 5.82 Å². The van der Waals surface area contributed by atoms with Crippen LogP contribution in [-0.2, 0) is 0 Å². The van der Waals surface area contributed by atoms with Crippen LogP contribution in [-0.4, -0.2) is 20.9 Å². The van der Waals surface area contributed by atoms with E-state index < -0.39 is 0 Å². The first-order valence-corrected chi connectivity index (χ1v) is 3.17. The Kier molecular flexibility index (Phi) is 1.18. The Bertz CT molecular complexity index is 360. The van der Waals surface area contributed by atoms with Gasteiger partial charge in [0, 0.05) is 6.20 Å². The lowest BCUT2D eigenvalue weighted by Gasteiger charge is -1.84. The number of carbonyl (C=O) groups is 1. The van der Waals surface area contributed by atoms with E-state index in [1.54, 1.807) is 16.8 Å². The molecule has 2 aromatic rings. The van der Waals surface area contributed by atoms with Crippen LogP contribution in [0.15, 0.2) is 24.4 Å². The van der Waals surface area contributed by atoms with E-state index in [-0.39, 0.29) is 5.82 Å². The molecule has 0 saturated carbocycles. The van der Waals surface area contributed by atoms with Crippen LogP contribution in [0.3, 0.4) is 0 Å². The van der Waals surface area contributed by atoms with Crippen molar-refractivity contribution in [3.63, 3.8) is 0 Å². The van der Waals surface area contributed by atoms with E-state index >= 15 is 0 Å². The van der Waals surface area contributed by atoms with Crippen molar-refractivity contribution >= 4 is 11.9 Å². The van der Waals surface area contributed by atoms with Crippen molar-refractivity contribution < 1.29 is 4.79 Å². The summed E-state index contributed by atoms with van der Waals surface area (Å²) >= 11 is 0. The predicted molar refractivity (Wildman–Crippen MR) is 38.4 cm³/mol. The van der Waals surface area contributed by atoms with Crippen LogP contribution in [0.5, 0.6) is 0 Å². The van der Waals surface area contributed by atoms with Crippen molar-refractivity contribution in [1.82, 2.24) is 14.6 Å². The van der Waals surface area contributed by atoms with E-state index in [1.807, 2.05) is 12.1 Å². The SMILES string of the molecule is O=Cc1nc2ccccn2n1. The minimum absolute atomic E-state index is 0.219. The summed E-state index contributed by atoms with van der Waals surface area (Å²) in [6, 6.07) is 5.47. The summed E-state index contributed by atoms with van der Waals surface area (Å²) in [5, 5.41) is 3.87. The zero-order valence-electron chi connectivity index (χ0n) is 5.64. The van der Waals surface area contributed by atoms with Crippen molar-refractivity contribution in [2.75, 3.05) is 0 Å². The van der Waals surface area contributed by atoms with Crippen LogP contribution in [0.2, 0.25) is 0 Å². The fourth-order valence-electron chi connectivity index (χ4n) is 0.899. The summed E-state index contributed by atoms with van der Waals surface area (Å²) in [5.41, 5.74) is 0.689. The number of hydrogen-bond donors (Lipinski definition) is 0. The lowest BCUT2D eigenvalue weighted by atomic mass is 10.5. The van der Waals surface area contributed by atoms with Crippen molar-refractivity contribution in [3.8, 4) is 0 Å². The molecule has 2 heterocycles. The molecule has 0 unspecified atom stereocenters. The third kappa shape index (κ3) is 0.881. The van der Waals surface area contributed by atoms with E-state index in [0.29, 0.717) is 11.9 Å². The van der Waals surface area contributed by atoms with Gasteiger partial charge in [0.05, 0.1) is 0 Å². The van der Waals surface area contributed by atoms with Crippen LogP contribution in [0.1, 0.15) is 10.6 Å². The topological polar surface area (TPSA) is 47.3 Å². The molecular weight excluding hydrogens is 142 g/mol. The van der Waals surface area contributed by atoms with E-state index in [1.165, 1.54) is 0 Å². The lowest BCUT2D eigenvalue weighted by molar-refractivity contribution is 0.111. The Balaban J connectivity index is 2.78. The number of rotatable bonds is 1. The molecule has 0 aliphatic heterocycles. The summed E-state index contributed by atoms with van der Waals surface area (Å²) in [6.45, 7) is 0. The quantitative estimate of drug-likeness (QED) is 0.553. The monoisotopic (exact) mass is 147 g/mol. The average Bonchev–Trinajstić information content (AvgIpc) is 2.46. The van der Waals surface area contributed by atoms with Crippen molar-refractivity contribution in [1.29, 1.82) is 0 Å². The average molecular weight is 147 g/mol. The molecule has 0 spiro atoms. The molecule has 11 heavy (non-hydrogen) atoms. The molecule has 0 aliphatic rings. The van der Waals surface area contributed by atoms with Crippen molar-refractivity contribution in [3.05, 3.63) is 30.2 Å². The van der Waals surface area contributed by atoms with Crippen LogP contribution in [0.25, 0.3) is 5.65 Å². The maximum atomic E-state index is 10.2. The maximum absolute atomic E-state index is 10.2. The summed E-state index contributed by atoms with van der Waals surface area (Å²) in [4.78, 5) is 14.2. The van der Waals surface area contributed by atoms with E-state index in [2.05, 4.69) is 10.1 Å². The van der Waals surface area contributed by atoms with Gasteiger partial charge in [-0.2, -0.15) is 0 Å². The molecule has 0 amide bonds. The summed E-state index contributed by atoms with van der Waals surface area (Å²) in [6.07, 6.45) is 2.38. The number of pyridine rings is 1. The lowest BCUT2D eigenvalue weighted by Crippen LogP contribution is -1.85. The molecule has 0 aliphatic carbocycles. The molecule has 4 heteroatoms. The van der Waals surface area contributed by atoms with Crippen LogP contribution >= 0.6 is 0 Å². The second-order valence-electron chi connectivity index (χ2n) is 2.09. The molecule has 0 N–H and O–H groups in total. The van der Waals surface area contributed by atoms with Crippen molar-refractivity contribution in [2.45, 2.75) is 0 Å². The van der Waals surface area contributed by atoms with Gasteiger partial charge in [-0.1, -0.05) is 6.07 Å². The van der Waals surface area contributed by atoms with Crippen LogP contribution in [0, 0.1) is 0 Å². The van der Waals surface area contributed by atoms with E-state index in [0.717, 1.165) is 0 Å². The molecule has 2 rings (SSSR count). The summed E-state index contributed by atoms with van der Waals surface area (Å²) in [5.74, 6) is 0.219. The van der Waals surface area contributed by atoms with Gasteiger partial charge in [-0.05, 0) is 12.1 Å². The van der Waals surface area contributed by atoms with Gasteiger partial charge in [0.1, 0.15) is 0 Å². The van der Waals surface area contributed by atoms with Gasteiger partial charge in [-0.25, -0.2) is 9.50 Å². The van der Waals surface area contributed by atoms with Gasteiger partial charge in [-0.15, -0.1) is 5.10 Å². The minimum Gasteiger partial charge on any atom is -0.294 e. The zero-order valence-corrected chi connectivity index (χ0v) is 5.64. The number of aldehydes is 1. The Labute approximate surface area is 62.5 Å². The summed E-state index contributed by atoms with van der Waals surface area (Å²) < 4.78 is 1.56. The molecule has 2 aromatic heterocycles. The van der Waals surface area contributed by atoms with Gasteiger partial charge >= 0.3 is 0 Å². The zero-order chi connectivity index (χ0) is 7.68. The van der Waals surface area contributed by atoms with Gasteiger partial charge in [0.25, 0.3) is 0 Å².